The van der Waals surface area contributed by atoms with Crippen LogP contribution in [0.3, 0.4) is 0 Å². The van der Waals surface area contributed by atoms with Crippen LogP contribution in [-0.2, 0) is 13.0 Å². The molecule has 0 spiro atoms. The van der Waals surface area contributed by atoms with Crippen molar-refractivity contribution in [2.24, 2.45) is 0 Å². The fourth-order valence-electron chi connectivity index (χ4n) is 2.77. The van der Waals surface area contributed by atoms with Crippen LogP contribution in [0.25, 0.3) is 11.3 Å². The van der Waals surface area contributed by atoms with Gasteiger partial charge in [0.25, 0.3) is 0 Å². The molecule has 0 saturated carbocycles. The van der Waals surface area contributed by atoms with Crippen molar-refractivity contribution in [3.63, 3.8) is 0 Å². The maximum atomic E-state index is 4.74. The summed E-state index contributed by atoms with van der Waals surface area (Å²) in [4.78, 5) is 8.18. The van der Waals surface area contributed by atoms with E-state index in [0.717, 1.165) is 28.1 Å². The van der Waals surface area contributed by atoms with Crippen molar-refractivity contribution in [1.29, 1.82) is 0 Å². The van der Waals surface area contributed by atoms with E-state index in [-0.39, 0.29) is 0 Å². The summed E-state index contributed by atoms with van der Waals surface area (Å²) in [7, 11) is 0. The number of rotatable bonds is 3. The fraction of sp³-hybridized carbons (Fsp3) is 0.118. The van der Waals surface area contributed by atoms with Crippen molar-refractivity contribution < 1.29 is 0 Å². The second kappa shape index (κ2) is 5.04. The number of para-hydroxylation sites is 1. The minimum atomic E-state index is 0.711. The Kier molecular flexibility index (Phi) is 3.04. The molecule has 1 heterocycles. The largest absolute Gasteiger partial charge is 0.378 e. The highest BCUT2D eigenvalue weighted by atomic mass is 79.9. The molecule has 0 amide bonds. The van der Waals surface area contributed by atoms with Crippen LogP contribution in [0.2, 0.25) is 0 Å². The summed E-state index contributed by atoms with van der Waals surface area (Å²) in [5.74, 6) is 0.984. The SMILES string of the molecule is Brc1ccc2c(c1)Cc1[nH]c(CNc3ccccc3)nc1-2. The lowest BCUT2D eigenvalue weighted by atomic mass is 10.1. The number of aromatic amines is 1. The van der Waals surface area contributed by atoms with E-state index in [1.165, 1.54) is 16.8 Å². The first-order chi connectivity index (χ1) is 10.3. The number of benzene rings is 2. The maximum Gasteiger partial charge on any atom is 0.126 e. The molecule has 1 aliphatic carbocycles. The summed E-state index contributed by atoms with van der Waals surface area (Å²) >= 11 is 3.52. The highest BCUT2D eigenvalue weighted by Crippen LogP contribution is 2.36. The van der Waals surface area contributed by atoms with Crippen LogP contribution < -0.4 is 5.32 Å². The second-order valence-corrected chi connectivity index (χ2v) is 6.12. The van der Waals surface area contributed by atoms with Gasteiger partial charge in [-0.1, -0.05) is 40.2 Å². The quantitative estimate of drug-likeness (QED) is 0.582. The summed E-state index contributed by atoms with van der Waals surface area (Å²) in [5.41, 5.74) is 6.00. The first-order valence-electron chi connectivity index (χ1n) is 6.95. The summed E-state index contributed by atoms with van der Waals surface area (Å²) in [6.45, 7) is 0.711. The van der Waals surface area contributed by atoms with Gasteiger partial charge in [0.2, 0.25) is 0 Å². The van der Waals surface area contributed by atoms with Gasteiger partial charge in [-0.05, 0) is 29.8 Å². The predicted octanol–water partition coefficient (Wildman–Crippen LogP) is 4.36. The van der Waals surface area contributed by atoms with Gasteiger partial charge >= 0.3 is 0 Å². The Hall–Kier alpha value is -2.07. The lowest BCUT2D eigenvalue weighted by molar-refractivity contribution is 0.977. The third kappa shape index (κ3) is 2.36. The normalized spacial score (nSPS) is 12.0. The summed E-state index contributed by atoms with van der Waals surface area (Å²) in [6, 6.07) is 16.6. The molecule has 0 fully saturated rings. The van der Waals surface area contributed by atoms with Crippen molar-refractivity contribution in [3.05, 3.63) is 70.1 Å². The van der Waals surface area contributed by atoms with Crippen LogP contribution in [0.1, 0.15) is 17.1 Å². The van der Waals surface area contributed by atoms with Gasteiger partial charge in [0.1, 0.15) is 5.82 Å². The number of H-pyrrole nitrogens is 1. The molecule has 4 rings (SSSR count). The van der Waals surface area contributed by atoms with Crippen molar-refractivity contribution in [3.8, 4) is 11.3 Å². The average molecular weight is 340 g/mol. The second-order valence-electron chi connectivity index (χ2n) is 5.21. The molecule has 2 aromatic carbocycles. The number of hydrogen-bond donors (Lipinski definition) is 2. The number of hydrogen-bond acceptors (Lipinski definition) is 2. The molecular weight excluding hydrogens is 326 g/mol. The van der Waals surface area contributed by atoms with Crippen LogP contribution in [0.4, 0.5) is 5.69 Å². The zero-order chi connectivity index (χ0) is 14.2. The van der Waals surface area contributed by atoms with Gasteiger partial charge in [0.15, 0.2) is 0 Å². The minimum Gasteiger partial charge on any atom is -0.378 e. The Morgan fingerprint density at radius 2 is 2.00 bits per heavy atom. The van der Waals surface area contributed by atoms with Gasteiger partial charge in [0, 0.05) is 27.8 Å². The van der Waals surface area contributed by atoms with Gasteiger partial charge in [0.05, 0.1) is 12.2 Å². The zero-order valence-electron chi connectivity index (χ0n) is 11.4. The summed E-state index contributed by atoms with van der Waals surface area (Å²) < 4.78 is 1.12. The standard InChI is InChI=1S/C17H14BrN3/c18-12-6-7-14-11(8-12)9-15-17(14)21-16(20-15)10-19-13-4-2-1-3-5-13/h1-8,19H,9-10H2,(H,20,21). The van der Waals surface area contributed by atoms with Gasteiger partial charge in [-0.15, -0.1) is 0 Å². The Labute approximate surface area is 131 Å². The molecule has 1 aromatic heterocycles. The molecule has 3 nitrogen and oxygen atoms in total. The molecule has 2 N–H and O–H groups in total. The van der Waals surface area contributed by atoms with Gasteiger partial charge < -0.3 is 10.3 Å². The highest BCUT2D eigenvalue weighted by molar-refractivity contribution is 9.10. The number of aromatic nitrogens is 2. The molecule has 0 radical (unpaired) electrons. The summed E-state index contributed by atoms with van der Waals surface area (Å²) in [5, 5.41) is 3.38. The number of anilines is 1. The van der Waals surface area contributed by atoms with Crippen LogP contribution in [0, 0.1) is 0 Å². The lowest BCUT2D eigenvalue weighted by Gasteiger charge is -2.04. The smallest absolute Gasteiger partial charge is 0.126 e. The van der Waals surface area contributed by atoms with Crippen molar-refractivity contribution in [1.82, 2.24) is 9.97 Å². The molecule has 0 unspecified atom stereocenters. The van der Waals surface area contributed by atoms with Crippen molar-refractivity contribution in [2.45, 2.75) is 13.0 Å². The number of nitrogens with zero attached hydrogens (tertiary/aromatic N) is 1. The molecule has 0 atom stereocenters. The number of imidazole rings is 1. The van der Waals surface area contributed by atoms with Gasteiger partial charge in [-0.25, -0.2) is 4.98 Å². The minimum absolute atomic E-state index is 0.711. The zero-order valence-corrected chi connectivity index (χ0v) is 12.9. The highest BCUT2D eigenvalue weighted by Gasteiger charge is 2.22. The van der Waals surface area contributed by atoms with Gasteiger partial charge in [-0.2, -0.15) is 0 Å². The van der Waals surface area contributed by atoms with Crippen LogP contribution >= 0.6 is 15.9 Å². The molecular formula is C17H14BrN3. The average Bonchev–Trinajstić information content (AvgIpc) is 3.02. The van der Waals surface area contributed by atoms with E-state index in [2.05, 4.69) is 56.6 Å². The molecule has 1 aliphatic rings. The molecule has 0 aliphatic heterocycles. The van der Waals surface area contributed by atoms with Crippen molar-refractivity contribution >= 4 is 21.6 Å². The molecule has 104 valence electrons. The maximum absolute atomic E-state index is 4.74. The Morgan fingerprint density at radius 1 is 1.14 bits per heavy atom. The third-order valence-corrected chi connectivity index (χ3v) is 4.24. The van der Waals surface area contributed by atoms with Crippen LogP contribution in [0.5, 0.6) is 0 Å². The molecule has 4 heteroatoms. The number of halogens is 1. The van der Waals surface area contributed by atoms with E-state index >= 15 is 0 Å². The Balaban J connectivity index is 1.56. The molecule has 0 bridgehead atoms. The van der Waals surface area contributed by atoms with Crippen molar-refractivity contribution in [2.75, 3.05) is 5.32 Å². The monoisotopic (exact) mass is 339 g/mol. The molecule has 21 heavy (non-hydrogen) atoms. The van der Waals surface area contributed by atoms with E-state index in [1.807, 2.05) is 18.2 Å². The Bertz CT molecular complexity index is 793. The van der Waals surface area contributed by atoms with E-state index in [9.17, 15) is 0 Å². The van der Waals surface area contributed by atoms with E-state index in [0.29, 0.717) is 6.54 Å². The lowest BCUT2D eigenvalue weighted by Crippen LogP contribution is -2.01. The Morgan fingerprint density at radius 3 is 2.86 bits per heavy atom. The van der Waals surface area contributed by atoms with Crippen LogP contribution in [0.15, 0.2) is 53.0 Å². The van der Waals surface area contributed by atoms with E-state index < -0.39 is 0 Å². The summed E-state index contributed by atoms with van der Waals surface area (Å²) in [6.07, 6.45) is 0.933. The number of nitrogens with one attached hydrogen (secondary N) is 2. The first-order valence-corrected chi connectivity index (χ1v) is 7.74. The molecule has 3 aromatic rings. The predicted molar refractivity (Wildman–Crippen MR) is 88.3 cm³/mol. The van der Waals surface area contributed by atoms with Gasteiger partial charge in [-0.3, -0.25) is 0 Å². The van der Waals surface area contributed by atoms with Crippen LogP contribution in [-0.4, -0.2) is 9.97 Å². The third-order valence-electron chi connectivity index (χ3n) is 3.75. The number of fused-ring (bicyclic) bond motifs is 3. The first kappa shape index (κ1) is 12.7. The van der Waals surface area contributed by atoms with E-state index in [4.69, 9.17) is 4.98 Å². The fourth-order valence-corrected chi connectivity index (χ4v) is 3.18. The topological polar surface area (TPSA) is 40.7 Å². The molecule has 0 saturated heterocycles. The van der Waals surface area contributed by atoms with E-state index in [1.54, 1.807) is 0 Å².